The van der Waals surface area contributed by atoms with Crippen molar-refractivity contribution in [1.29, 1.82) is 0 Å². The zero-order valence-electron chi connectivity index (χ0n) is 17.1. The fourth-order valence-electron chi connectivity index (χ4n) is 3.95. The maximum atomic E-state index is 14.6. The van der Waals surface area contributed by atoms with Crippen LogP contribution in [-0.2, 0) is 9.59 Å². The molecule has 1 aliphatic carbocycles. The van der Waals surface area contributed by atoms with Crippen LogP contribution < -0.4 is 0 Å². The van der Waals surface area contributed by atoms with Crippen LogP contribution in [-0.4, -0.2) is 44.3 Å². The number of aromatic amines is 1. The van der Waals surface area contributed by atoms with E-state index in [-0.39, 0.29) is 52.7 Å². The number of hydrogen-bond acceptors (Lipinski definition) is 5. The summed E-state index contributed by atoms with van der Waals surface area (Å²) in [6, 6.07) is 5.99. The van der Waals surface area contributed by atoms with Crippen molar-refractivity contribution in [3.63, 3.8) is 0 Å². The molecule has 31 heavy (non-hydrogen) atoms. The van der Waals surface area contributed by atoms with Gasteiger partial charge >= 0.3 is 0 Å². The van der Waals surface area contributed by atoms with Crippen molar-refractivity contribution in [2.24, 2.45) is 5.92 Å². The minimum absolute atomic E-state index is 0. The average Bonchev–Trinajstić information content (AvgIpc) is 3.42. The maximum absolute atomic E-state index is 14.6. The minimum Gasteiger partial charge on any atom is -0.297 e. The molecule has 2 aromatic rings. The molecule has 9 heteroatoms. The molecule has 0 spiro atoms. The lowest BCUT2D eigenvalue weighted by Crippen LogP contribution is -2.43. The van der Waals surface area contributed by atoms with E-state index in [9.17, 15) is 14.0 Å². The second kappa shape index (κ2) is 11.3. The highest BCUT2D eigenvalue weighted by Crippen LogP contribution is 2.40. The number of carbonyl (C=O) groups excluding carboxylic acids is 2. The Morgan fingerprint density at radius 3 is 2.61 bits per heavy atom. The van der Waals surface area contributed by atoms with Crippen LogP contribution in [0.25, 0.3) is 6.08 Å². The topological polar surface area (TPSA) is 66.1 Å². The van der Waals surface area contributed by atoms with Crippen molar-refractivity contribution >= 4 is 53.6 Å². The van der Waals surface area contributed by atoms with E-state index in [0.717, 1.165) is 30.4 Å². The highest BCUT2D eigenvalue weighted by atomic mass is 35.5. The van der Waals surface area contributed by atoms with Crippen molar-refractivity contribution in [3.8, 4) is 0 Å². The molecule has 1 saturated heterocycles. The third kappa shape index (κ3) is 6.19. The monoisotopic (exact) mass is 485 g/mol. The first-order valence-electron chi connectivity index (χ1n) is 9.91. The van der Waals surface area contributed by atoms with Crippen molar-refractivity contribution in [2.45, 2.75) is 37.5 Å². The smallest absolute Gasteiger partial charge is 0.186 e. The standard InChI is InChI=1S/C22H24FN3O2S.2ClH/c1-14(27)29-20-8-9-26(13-17(20)10-15-11-24-25-12-15)21(22(28)16-6-7-16)18-4-2-3-5-19(18)23;;/h2-5,10-12,16,20-21H,6-9,13H2,1H3,(H,24,25);2*1H. The van der Waals surface area contributed by atoms with Crippen LogP contribution in [0.15, 0.2) is 42.2 Å². The number of aromatic nitrogens is 2. The quantitative estimate of drug-likeness (QED) is 0.633. The van der Waals surface area contributed by atoms with Gasteiger partial charge in [0, 0.05) is 48.5 Å². The van der Waals surface area contributed by atoms with Gasteiger partial charge < -0.3 is 0 Å². The number of hydrogen-bond donors (Lipinski definition) is 1. The van der Waals surface area contributed by atoms with E-state index < -0.39 is 6.04 Å². The number of likely N-dealkylation sites (tertiary alicyclic amines) is 1. The Morgan fingerprint density at radius 2 is 2.00 bits per heavy atom. The molecule has 2 heterocycles. The molecule has 0 bridgehead atoms. The van der Waals surface area contributed by atoms with Gasteiger partial charge in [0.05, 0.1) is 12.2 Å². The number of nitrogens with zero attached hydrogens (tertiary/aromatic N) is 2. The lowest BCUT2D eigenvalue weighted by Gasteiger charge is -2.38. The summed E-state index contributed by atoms with van der Waals surface area (Å²) in [5.41, 5.74) is 2.43. The predicted octanol–water partition coefficient (Wildman–Crippen LogP) is 4.85. The third-order valence-corrected chi connectivity index (χ3v) is 6.63. The van der Waals surface area contributed by atoms with E-state index in [4.69, 9.17) is 0 Å². The Balaban J connectivity index is 0.00000171. The van der Waals surface area contributed by atoms with Gasteiger partial charge in [-0.1, -0.05) is 36.0 Å². The van der Waals surface area contributed by atoms with E-state index >= 15 is 0 Å². The van der Waals surface area contributed by atoms with E-state index in [1.54, 1.807) is 37.5 Å². The van der Waals surface area contributed by atoms with Crippen LogP contribution in [0.1, 0.15) is 43.4 Å². The maximum Gasteiger partial charge on any atom is 0.186 e. The molecule has 1 aliphatic heterocycles. The number of piperidine rings is 1. The largest absolute Gasteiger partial charge is 0.297 e. The number of benzene rings is 1. The number of halogens is 3. The number of H-pyrrole nitrogens is 1. The van der Waals surface area contributed by atoms with E-state index in [1.807, 2.05) is 6.08 Å². The van der Waals surface area contributed by atoms with Crippen molar-refractivity contribution in [1.82, 2.24) is 15.1 Å². The molecule has 2 unspecified atom stereocenters. The second-order valence-corrected chi connectivity index (χ2v) is 9.09. The minimum atomic E-state index is -0.584. The number of Topliss-reactive ketones (excluding diaryl/α,β-unsaturated/α-hetero) is 1. The van der Waals surface area contributed by atoms with Crippen LogP contribution in [0.2, 0.25) is 0 Å². The zero-order chi connectivity index (χ0) is 20.4. The highest BCUT2D eigenvalue weighted by molar-refractivity contribution is 8.14. The zero-order valence-corrected chi connectivity index (χ0v) is 19.6. The summed E-state index contributed by atoms with van der Waals surface area (Å²) in [7, 11) is 0. The number of nitrogens with one attached hydrogen (secondary N) is 1. The van der Waals surface area contributed by atoms with Gasteiger partial charge in [-0.3, -0.25) is 19.6 Å². The van der Waals surface area contributed by atoms with E-state index in [1.165, 1.54) is 17.8 Å². The molecule has 1 saturated carbocycles. The molecule has 0 amide bonds. The summed E-state index contributed by atoms with van der Waals surface area (Å²) in [5, 5.41) is 6.91. The first-order valence-corrected chi connectivity index (χ1v) is 10.8. The van der Waals surface area contributed by atoms with Gasteiger partial charge in [-0.25, -0.2) is 4.39 Å². The molecule has 0 radical (unpaired) electrons. The number of thioether (sulfide) groups is 1. The Kier molecular flexibility index (Phi) is 9.30. The SMILES string of the molecule is CC(=O)SC1CCN(C(C(=O)C2CC2)c2ccccc2F)CC1=Cc1cn[nH]c1.Cl.Cl. The molecule has 5 nitrogen and oxygen atoms in total. The fourth-order valence-corrected chi connectivity index (χ4v) is 4.87. The van der Waals surface area contributed by atoms with E-state index in [2.05, 4.69) is 15.1 Å². The van der Waals surface area contributed by atoms with Gasteiger partial charge in [-0.2, -0.15) is 5.10 Å². The van der Waals surface area contributed by atoms with Gasteiger partial charge in [0.15, 0.2) is 10.9 Å². The molecule has 2 atom stereocenters. The van der Waals surface area contributed by atoms with Crippen LogP contribution in [0, 0.1) is 11.7 Å². The van der Waals surface area contributed by atoms with E-state index in [0.29, 0.717) is 18.7 Å². The van der Waals surface area contributed by atoms with Crippen LogP contribution in [0.4, 0.5) is 4.39 Å². The summed E-state index contributed by atoms with van der Waals surface area (Å²) in [4.78, 5) is 27.0. The van der Waals surface area contributed by atoms with Crippen LogP contribution in [0.5, 0.6) is 0 Å². The lowest BCUT2D eigenvalue weighted by molar-refractivity contribution is -0.126. The molecular weight excluding hydrogens is 460 g/mol. The van der Waals surface area contributed by atoms with Gasteiger partial charge in [0.25, 0.3) is 0 Å². The highest BCUT2D eigenvalue weighted by Gasteiger charge is 2.41. The summed E-state index contributed by atoms with van der Waals surface area (Å²) in [6.07, 6.45) is 8.06. The predicted molar refractivity (Wildman–Crippen MR) is 126 cm³/mol. The molecule has 4 rings (SSSR count). The molecular formula is C22H26Cl2FN3O2S. The molecule has 168 valence electrons. The number of ketones is 1. The molecule has 1 aromatic heterocycles. The Bertz CT molecular complexity index is 935. The fraction of sp³-hybridized carbons (Fsp3) is 0.409. The van der Waals surface area contributed by atoms with Gasteiger partial charge in [-0.05, 0) is 30.9 Å². The Morgan fingerprint density at radius 1 is 1.26 bits per heavy atom. The molecule has 1 aromatic carbocycles. The number of carbonyl (C=O) groups is 2. The third-order valence-electron chi connectivity index (χ3n) is 5.47. The Labute approximate surface area is 198 Å². The van der Waals surface area contributed by atoms with Gasteiger partial charge in [0.1, 0.15) is 5.82 Å². The average molecular weight is 486 g/mol. The number of rotatable bonds is 6. The Hall–Kier alpha value is -1.67. The lowest BCUT2D eigenvalue weighted by atomic mass is 9.93. The van der Waals surface area contributed by atoms with Crippen LogP contribution >= 0.6 is 36.6 Å². The normalized spacial score (nSPS) is 21.1. The first-order chi connectivity index (χ1) is 14.0. The molecule has 2 fully saturated rings. The van der Waals surface area contributed by atoms with Crippen LogP contribution in [0.3, 0.4) is 0 Å². The summed E-state index contributed by atoms with van der Waals surface area (Å²) >= 11 is 1.32. The van der Waals surface area contributed by atoms with Crippen molar-refractivity contribution in [2.75, 3.05) is 13.1 Å². The van der Waals surface area contributed by atoms with Crippen molar-refractivity contribution < 1.29 is 14.0 Å². The first kappa shape index (κ1) is 25.6. The van der Waals surface area contributed by atoms with Crippen molar-refractivity contribution in [3.05, 3.63) is 59.2 Å². The summed E-state index contributed by atoms with van der Waals surface area (Å²) < 4.78 is 14.6. The summed E-state index contributed by atoms with van der Waals surface area (Å²) in [5.74, 6) is -0.201. The van der Waals surface area contributed by atoms with Gasteiger partial charge in [-0.15, -0.1) is 24.8 Å². The molecule has 2 aliphatic rings. The summed E-state index contributed by atoms with van der Waals surface area (Å²) in [6.45, 7) is 2.74. The molecule has 1 N–H and O–H groups in total. The second-order valence-electron chi connectivity index (χ2n) is 7.71. The van der Waals surface area contributed by atoms with Gasteiger partial charge in [0.2, 0.25) is 0 Å².